The molecule has 0 spiro atoms. The Kier molecular flexibility index (Phi) is 5.58. The molecule has 1 aromatic carbocycles. The highest BCUT2D eigenvalue weighted by atomic mass is 32.2. The van der Waals surface area contributed by atoms with Gasteiger partial charge in [0.25, 0.3) is 5.91 Å². The van der Waals surface area contributed by atoms with Gasteiger partial charge in [-0.25, -0.2) is 8.42 Å². The van der Waals surface area contributed by atoms with Crippen LogP contribution in [0.2, 0.25) is 0 Å². The number of terminal acetylenes is 1. The maximum atomic E-state index is 11.7. The van der Waals surface area contributed by atoms with Crippen LogP contribution in [0, 0.1) is 12.3 Å². The van der Waals surface area contributed by atoms with Gasteiger partial charge in [0, 0.05) is 24.8 Å². The molecule has 102 valence electrons. The second kappa shape index (κ2) is 6.95. The number of hydrogen-bond donors (Lipinski definition) is 1. The fourth-order valence-electron chi connectivity index (χ4n) is 1.51. The van der Waals surface area contributed by atoms with Gasteiger partial charge in [-0.15, -0.1) is 12.3 Å². The van der Waals surface area contributed by atoms with Gasteiger partial charge in [0.2, 0.25) is 0 Å². The number of amides is 1. The molecule has 0 aliphatic carbocycles. The maximum absolute atomic E-state index is 11.7. The van der Waals surface area contributed by atoms with E-state index in [4.69, 9.17) is 6.42 Å². The number of benzene rings is 1. The van der Waals surface area contributed by atoms with E-state index in [-0.39, 0.29) is 10.8 Å². The van der Waals surface area contributed by atoms with Crippen LogP contribution in [0.15, 0.2) is 29.2 Å². The van der Waals surface area contributed by atoms with E-state index in [1.54, 1.807) is 0 Å². The summed E-state index contributed by atoms with van der Waals surface area (Å²) in [4.78, 5) is 11.9. The van der Waals surface area contributed by atoms with Crippen molar-refractivity contribution in [2.75, 3.05) is 12.8 Å². The predicted molar refractivity (Wildman–Crippen MR) is 74.6 cm³/mol. The topological polar surface area (TPSA) is 63.2 Å². The highest BCUT2D eigenvalue weighted by Gasteiger charge is 2.09. The van der Waals surface area contributed by atoms with Crippen molar-refractivity contribution in [1.82, 2.24) is 5.32 Å². The first-order valence-corrected chi connectivity index (χ1v) is 7.86. The van der Waals surface area contributed by atoms with Gasteiger partial charge in [0.15, 0.2) is 9.84 Å². The van der Waals surface area contributed by atoms with Gasteiger partial charge in [-0.1, -0.05) is 0 Å². The molecule has 1 rings (SSSR count). The van der Waals surface area contributed by atoms with Crippen molar-refractivity contribution in [3.8, 4) is 12.3 Å². The molecular formula is C14H17NO3S. The lowest BCUT2D eigenvalue weighted by Gasteiger charge is -2.05. The van der Waals surface area contributed by atoms with Gasteiger partial charge in [-0.2, -0.15) is 0 Å². The standard InChI is InChI=1S/C14H17NO3S/c1-3-4-5-6-11-15-14(16)12-7-9-13(10-8-12)19(2,17)18/h1,7-10H,4-6,11H2,2H3,(H,15,16). The number of carbonyl (C=O) groups is 1. The van der Waals surface area contributed by atoms with E-state index >= 15 is 0 Å². The van der Waals surface area contributed by atoms with Gasteiger partial charge in [-0.3, -0.25) is 4.79 Å². The van der Waals surface area contributed by atoms with Crippen LogP contribution in [-0.4, -0.2) is 27.1 Å². The van der Waals surface area contributed by atoms with E-state index in [2.05, 4.69) is 11.2 Å². The Hall–Kier alpha value is -1.80. The zero-order valence-electron chi connectivity index (χ0n) is 10.8. The van der Waals surface area contributed by atoms with E-state index < -0.39 is 9.84 Å². The Morgan fingerprint density at radius 1 is 1.26 bits per heavy atom. The molecule has 4 nitrogen and oxygen atoms in total. The monoisotopic (exact) mass is 279 g/mol. The first-order valence-electron chi connectivity index (χ1n) is 5.97. The zero-order valence-corrected chi connectivity index (χ0v) is 11.7. The van der Waals surface area contributed by atoms with E-state index in [1.165, 1.54) is 24.3 Å². The van der Waals surface area contributed by atoms with Crippen molar-refractivity contribution in [2.24, 2.45) is 0 Å². The molecule has 5 heteroatoms. The fourth-order valence-corrected chi connectivity index (χ4v) is 2.14. The summed E-state index contributed by atoms with van der Waals surface area (Å²) >= 11 is 0. The van der Waals surface area contributed by atoms with Gasteiger partial charge in [0.1, 0.15) is 0 Å². The molecule has 1 amide bonds. The highest BCUT2D eigenvalue weighted by molar-refractivity contribution is 7.90. The van der Waals surface area contributed by atoms with Gasteiger partial charge >= 0.3 is 0 Å². The largest absolute Gasteiger partial charge is 0.352 e. The lowest BCUT2D eigenvalue weighted by Crippen LogP contribution is -2.24. The summed E-state index contributed by atoms with van der Waals surface area (Å²) in [6.45, 7) is 0.564. The normalized spacial score (nSPS) is 10.7. The lowest BCUT2D eigenvalue weighted by atomic mass is 10.2. The molecular weight excluding hydrogens is 262 g/mol. The number of nitrogens with one attached hydrogen (secondary N) is 1. The molecule has 0 fully saturated rings. The van der Waals surface area contributed by atoms with Crippen LogP contribution >= 0.6 is 0 Å². The minimum absolute atomic E-state index is 0.207. The van der Waals surface area contributed by atoms with E-state index in [0.29, 0.717) is 18.5 Å². The van der Waals surface area contributed by atoms with Crippen molar-refractivity contribution in [2.45, 2.75) is 24.2 Å². The molecule has 0 radical (unpaired) electrons. The average molecular weight is 279 g/mol. The summed E-state index contributed by atoms with van der Waals surface area (Å²) < 4.78 is 22.5. The maximum Gasteiger partial charge on any atom is 0.251 e. The lowest BCUT2D eigenvalue weighted by molar-refractivity contribution is 0.0953. The van der Waals surface area contributed by atoms with Crippen molar-refractivity contribution < 1.29 is 13.2 Å². The highest BCUT2D eigenvalue weighted by Crippen LogP contribution is 2.10. The van der Waals surface area contributed by atoms with Gasteiger partial charge < -0.3 is 5.32 Å². The van der Waals surface area contributed by atoms with Crippen LogP contribution in [0.4, 0.5) is 0 Å². The third-order valence-corrected chi connectivity index (χ3v) is 3.71. The number of sulfone groups is 1. The zero-order chi connectivity index (χ0) is 14.3. The Morgan fingerprint density at radius 2 is 1.89 bits per heavy atom. The number of rotatable bonds is 6. The molecule has 0 bridgehead atoms. The molecule has 0 aromatic heterocycles. The number of carbonyl (C=O) groups excluding carboxylic acids is 1. The molecule has 0 aliphatic rings. The average Bonchev–Trinajstić information content (AvgIpc) is 2.37. The Labute approximate surface area is 114 Å². The molecule has 0 unspecified atom stereocenters. The Morgan fingerprint density at radius 3 is 2.42 bits per heavy atom. The second-order valence-corrected chi connectivity index (χ2v) is 6.23. The van der Waals surface area contributed by atoms with Crippen LogP contribution < -0.4 is 5.32 Å². The summed E-state index contributed by atoms with van der Waals surface area (Å²) in [6.07, 6.45) is 8.67. The minimum atomic E-state index is -3.22. The van der Waals surface area contributed by atoms with E-state index in [0.717, 1.165) is 19.1 Å². The van der Waals surface area contributed by atoms with Crippen LogP contribution in [0.25, 0.3) is 0 Å². The first kappa shape index (κ1) is 15.3. The first-order chi connectivity index (χ1) is 8.95. The molecule has 1 aromatic rings. The van der Waals surface area contributed by atoms with Crippen molar-refractivity contribution in [1.29, 1.82) is 0 Å². The van der Waals surface area contributed by atoms with Crippen molar-refractivity contribution in [3.05, 3.63) is 29.8 Å². The summed E-state index contributed by atoms with van der Waals surface area (Å²) in [6, 6.07) is 5.88. The number of unbranched alkanes of at least 4 members (excludes halogenated alkanes) is 2. The van der Waals surface area contributed by atoms with Crippen LogP contribution in [0.1, 0.15) is 29.6 Å². The van der Waals surface area contributed by atoms with Crippen molar-refractivity contribution in [3.63, 3.8) is 0 Å². The molecule has 0 atom stereocenters. The third-order valence-electron chi connectivity index (χ3n) is 2.58. The van der Waals surface area contributed by atoms with E-state index in [1.807, 2.05) is 0 Å². The number of hydrogen-bond acceptors (Lipinski definition) is 3. The Balaban J connectivity index is 2.52. The summed E-state index contributed by atoms with van der Waals surface area (Å²) in [5.74, 6) is 2.33. The van der Waals surface area contributed by atoms with Crippen molar-refractivity contribution >= 4 is 15.7 Å². The fraction of sp³-hybridized carbons (Fsp3) is 0.357. The van der Waals surface area contributed by atoms with Crippen LogP contribution in [-0.2, 0) is 9.84 Å². The smallest absolute Gasteiger partial charge is 0.251 e. The summed E-state index contributed by atoms with van der Waals surface area (Å²) in [7, 11) is -3.22. The molecule has 0 saturated heterocycles. The minimum Gasteiger partial charge on any atom is -0.352 e. The molecule has 19 heavy (non-hydrogen) atoms. The SMILES string of the molecule is C#CCCCCNC(=O)c1ccc(S(C)(=O)=O)cc1. The van der Waals surface area contributed by atoms with Gasteiger partial charge in [-0.05, 0) is 37.1 Å². The summed E-state index contributed by atoms with van der Waals surface area (Å²) in [5.41, 5.74) is 0.448. The third kappa shape index (κ3) is 5.14. The molecule has 0 saturated carbocycles. The van der Waals surface area contributed by atoms with Gasteiger partial charge in [0.05, 0.1) is 4.90 Å². The molecule has 1 N–H and O–H groups in total. The quantitative estimate of drug-likeness (QED) is 0.636. The predicted octanol–water partition coefficient (Wildman–Crippen LogP) is 1.62. The molecule has 0 heterocycles. The van der Waals surface area contributed by atoms with Crippen LogP contribution in [0.5, 0.6) is 0 Å². The van der Waals surface area contributed by atoms with E-state index in [9.17, 15) is 13.2 Å². The molecule has 0 aliphatic heterocycles. The summed E-state index contributed by atoms with van der Waals surface area (Å²) in [5, 5.41) is 2.76. The second-order valence-electron chi connectivity index (χ2n) is 4.21. The Bertz CT molecular complexity index is 568. The van der Waals surface area contributed by atoms with Crippen LogP contribution in [0.3, 0.4) is 0 Å².